The van der Waals surface area contributed by atoms with E-state index in [9.17, 15) is 9.59 Å². The van der Waals surface area contributed by atoms with E-state index in [1.165, 1.54) is 6.20 Å². The number of carbonyl (C=O) groups is 1. The van der Waals surface area contributed by atoms with Crippen molar-refractivity contribution >= 4 is 16.8 Å². The number of rotatable bonds is 5. The molecule has 1 saturated heterocycles. The molecule has 0 radical (unpaired) electrons. The predicted octanol–water partition coefficient (Wildman–Crippen LogP) is -0.0769. The molecular weight excluding hydrogens is 308 g/mol. The van der Waals surface area contributed by atoms with Gasteiger partial charge in [-0.25, -0.2) is 0 Å². The molecule has 1 N–H and O–H groups in total. The second-order valence-corrected chi connectivity index (χ2v) is 5.95. The summed E-state index contributed by atoms with van der Waals surface area (Å²) < 4.78 is 1.72. The van der Waals surface area contributed by atoms with E-state index in [0.717, 1.165) is 18.6 Å². The van der Waals surface area contributed by atoms with Crippen LogP contribution in [0.3, 0.4) is 0 Å². The van der Waals surface area contributed by atoms with Crippen LogP contribution in [-0.4, -0.2) is 69.9 Å². The molecule has 0 bridgehead atoms. The van der Waals surface area contributed by atoms with Crippen molar-refractivity contribution in [3.63, 3.8) is 0 Å². The maximum Gasteiger partial charge on any atom is 0.224 e. The van der Waals surface area contributed by atoms with Gasteiger partial charge in [-0.05, 0) is 12.1 Å². The van der Waals surface area contributed by atoms with Crippen LogP contribution in [0.4, 0.5) is 0 Å². The Labute approximate surface area is 140 Å². The SMILES string of the molecule is O=C(CCn1ncc(=O)c2ccccc21)N1CCN(CCO)CC1. The number of carbonyl (C=O) groups excluding carboxylic acids is 1. The number of hydrogen-bond acceptors (Lipinski definition) is 5. The van der Waals surface area contributed by atoms with E-state index in [0.29, 0.717) is 38.0 Å². The molecule has 3 rings (SSSR count). The fourth-order valence-electron chi connectivity index (χ4n) is 3.06. The Morgan fingerprint density at radius 1 is 1.12 bits per heavy atom. The molecule has 2 aromatic rings. The molecule has 128 valence electrons. The van der Waals surface area contributed by atoms with E-state index in [2.05, 4.69) is 10.00 Å². The molecule has 0 spiro atoms. The van der Waals surface area contributed by atoms with Gasteiger partial charge in [0.2, 0.25) is 11.3 Å². The molecular formula is C17H22N4O3. The number of aliphatic hydroxyl groups excluding tert-OH is 1. The first kappa shape index (κ1) is 16.6. The van der Waals surface area contributed by atoms with Crippen molar-refractivity contribution in [3.05, 3.63) is 40.7 Å². The minimum atomic E-state index is -0.104. The Balaban J connectivity index is 1.61. The zero-order valence-corrected chi connectivity index (χ0v) is 13.6. The lowest BCUT2D eigenvalue weighted by Gasteiger charge is -2.34. The van der Waals surface area contributed by atoms with Gasteiger partial charge in [0.25, 0.3) is 0 Å². The summed E-state index contributed by atoms with van der Waals surface area (Å²) in [4.78, 5) is 28.2. The third-order valence-corrected chi connectivity index (χ3v) is 4.44. The molecule has 1 amide bonds. The van der Waals surface area contributed by atoms with E-state index in [4.69, 9.17) is 5.11 Å². The molecule has 24 heavy (non-hydrogen) atoms. The van der Waals surface area contributed by atoms with Gasteiger partial charge in [-0.15, -0.1) is 0 Å². The van der Waals surface area contributed by atoms with E-state index in [-0.39, 0.29) is 17.9 Å². The number of hydrogen-bond donors (Lipinski definition) is 1. The molecule has 7 nitrogen and oxygen atoms in total. The summed E-state index contributed by atoms with van der Waals surface area (Å²) in [6, 6.07) is 7.31. The highest BCUT2D eigenvalue weighted by molar-refractivity contribution is 5.79. The first-order valence-corrected chi connectivity index (χ1v) is 8.25. The van der Waals surface area contributed by atoms with Crippen molar-refractivity contribution in [1.82, 2.24) is 19.6 Å². The van der Waals surface area contributed by atoms with Gasteiger partial charge in [-0.2, -0.15) is 5.10 Å². The summed E-state index contributed by atoms with van der Waals surface area (Å²) in [6.45, 7) is 4.25. The second kappa shape index (κ2) is 7.55. The summed E-state index contributed by atoms with van der Waals surface area (Å²) in [6.07, 6.45) is 1.67. The Morgan fingerprint density at radius 2 is 1.88 bits per heavy atom. The van der Waals surface area contributed by atoms with E-state index >= 15 is 0 Å². The quantitative estimate of drug-likeness (QED) is 0.830. The average molecular weight is 330 g/mol. The minimum absolute atomic E-state index is 0.100. The average Bonchev–Trinajstić information content (AvgIpc) is 2.62. The summed E-state index contributed by atoms with van der Waals surface area (Å²) >= 11 is 0. The van der Waals surface area contributed by atoms with Crippen molar-refractivity contribution in [2.75, 3.05) is 39.3 Å². The zero-order chi connectivity index (χ0) is 16.9. The summed E-state index contributed by atoms with van der Waals surface area (Å²) in [5, 5.41) is 13.7. The van der Waals surface area contributed by atoms with Gasteiger partial charge in [0.1, 0.15) is 0 Å². The number of aromatic nitrogens is 2. The molecule has 1 fully saturated rings. The van der Waals surface area contributed by atoms with Crippen LogP contribution in [0, 0.1) is 0 Å². The van der Waals surface area contributed by atoms with Crippen LogP contribution in [0.2, 0.25) is 0 Å². The first-order chi connectivity index (χ1) is 11.7. The Bertz CT molecular complexity index is 766. The van der Waals surface area contributed by atoms with E-state index in [1.54, 1.807) is 10.7 Å². The van der Waals surface area contributed by atoms with Crippen LogP contribution >= 0.6 is 0 Å². The molecule has 0 saturated carbocycles. The molecule has 0 unspecified atom stereocenters. The number of piperazine rings is 1. The largest absolute Gasteiger partial charge is 0.395 e. The number of benzene rings is 1. The number of nitrogens with zero attached hydrogens (tertiary/aromatic N) is 4. The van der Waals surface area contributed by atoms with E-state index < -0.39 is 0 Å². The third kappa shape index (κ3) is 3.63. The van der Waals surface area contributed by atoms with Crippen molar-refractivity contribution in [2.45, 2.75) is 13.0 Å². The summed E-state index contributed by atoms with van der Waals surface area (Å²) in [5.74, 6) is 0.100. The molecule has 1 aliphatic heterocycles. The van der Waals surface area contributed by atoms with Gasteiger partial charge in [0, 0.05) is 44.5 Å². The highest BCUT2D eigenvalue weighted by Crippen LogP contribution is 2.10. The van der Waals surface area contributed by atoms with Crippen molar-refractivity contribution in [2.24, 2.45) is 0 Å². The molecule has 1 aromatic carbocycles. The van der Waals surface area contributed by atoms with Crippen LogP contribution in [0.15, 0.2) is 35.3 Å². The van der Waals surface area contributed by atoms with Gasteiger partial charge < -0.3 is 10.0 Å². The zero-order valence-electron chi connectivity index (χ0n) is 13.6. The number of aliphatic hydroxyl groups is 1. The van der Waals surface area contributed by atoms with Gasteiger partial charge in [-0.3, -0.25) is 19.2 Å². The van der Waals surface area contributed by atoms with Gasteiger partial charge in [0.15, 0.2) is 0 Å². The number of para-hydroxylation sites is 1. The first-order valence-electron chi connectivity index (χ1n) is 8.25. The molecule has 0 atom stereocenters. The molecule has 2 heterocycles. The normalized spacial score (nSPS) is 15.8. The molecule has 7 heteroatoms. The van der Waals surface area contributed by atoms with Gasteiger partial charge in [-0.1, -0.05) is 12.1 Å². The maximum absolute atomic E-state index is 12.4. The monoisotopic (exact) mass is 330 g/mol. The number of β-amino-alcohol motifs (C(OH)–C–C–N with tert-alkyl or cyclic N) is 1. The predicted molar refractivity (Wildman–Crippen MR) is 90.7 cm³/mol. The lowest BCUT2D eigenvalue weighted by atomic mass is 10.2. The van der Waals surface area contributed by atoms with Crippen LogP contribution in [0.5, 0.6) is 0 Å². The van der Waals surface area contributed by atoms with E-state index in [1.807, 2.05) is 23.1 Å². The summed E-state index contributed by atoms with van der Waals surface area (Å²) in [5.41, 5.74) is 0.652. The fourth-order valence-corrected chi connectivity index (χ4v) is 3.06. The number of fused-ring (bicyclic) bond motifs is 1. The topological polar surface area (TPSA) is 78.7 Å². The Hall–Kier alpha value is -2.25. The summed E-state index contributed by atoms with van der Waals surface area (Å²) in [7, 11) is 0. The smallest absolute Gasteiger partial charge is 0.224 e. The molecule has 0 aliphatic carbocycles. The standard InChI is InChI=1S/C17H22N4O3/c22-12-11-19-7-9-20(10-8-19)17(24)5-6-21-15-4-2-1-3-14(15)16(23)13-18-21/h1-4,13,22H,5-12H2. The van der Waals surface area contributed by atoms with Gasteiger partial charge in [0.05, 0.1) is 24.9 Å². The van der Waals surface area contributed by atoms with Crippen molar-refractivity contribution < 1.29 is 9.90 Å². The third-order valence-electron chi connectivity index (χ3n) is 4.44. The lowest BCUT2D eigenvalue weighted by molar-refractivity contribution is -0.133. The van der Waals surface area contributed by atoms with Crippen molar-refractivity contribution in [1.29, 1.82) is 0 Å². The second-order valence-electron chi connectivity index (χ2n) is 5.95. The van der Waals surface area contributed by atoms with Crippen LogP contribution < -0.4 is 5.43 Å². The van der Waals surface area contributed by atoms with Crippen LogP contribution in [0.1, 0.15) is 6.42 Å². The minimum Gasteiger partial charge on any atom is -0.395 e. The number of aryl methyl sites for hydroxylation is 1. The van der Waals surface area contributed by atoms with Crippen molar-refractivity contribution in [3.8, 4) is 0 Å². The fraction of sp³-hybridized carbons (Fsp3) is 0.471. The van der Waals surface area contributed by atoms with Crippen LogP contribution in [0.25, 0.3) is 10.9 Å². The van der Waals surface area contributed by atoms with Gasteiger partial charge >= 0.3 is 0 Å². The molecule has 1 aliphatic rings. The maximum atomic E-state index is 12.4. The number of amides is 1. The Kier molecular flexibility index (Phi) is 5.22. The van der Waals surface area contributed by atoms with Crippen LogP contribution in [-0.2, 0) is 11.3 Å². The Morgan fingerprint density at radius 3 is 2.62 bits per heavy atom. The highest BCUT2D eigenvalue weighted by Gasteiger charge is 2.20. The lowest BCUT2D eigenvalue weighted by Crippen LogP contribution is -2.49. The highest BCUT2D eigenvalue weighted by atomic mass is 16.3. The molecule has 1 aromatic heterocycles.